The predicted octanol–water partition coefficient (Wildman–Crippen LogP) is 6.90. The molecule has 2 aromatic carbocycles. The molecule has 0 spiro atoms. The number of hydrogen-bond acceptors (Lipinski definition) is 4. The van der Waals surface area contributed by atoms with Gasteiger partial charge in [0, 0.05) is 39.9 Å². The number of hydrogen-bond donors (Lipinski definition) is 1. The fourth-order valence-corrected chi connectivity index (χ4v) is 3.66. The van der Waals surface area contributed by atoms with E-state index in [0.717, 1.165) is 33.2 Å². The van der Waals surface area contributed by atoms with E-state index in [0.29, 0.717) is 28.8 Å². The number of aryl methyl sites for hydroxylation is 1. The minimum Gasteiger partial charge on any atom is -0.493 e. The number of benzene rings is 2. The third-order valence-electron chi connectivity index (χ3n) is 5.07. The summed E-state index contributed by atoms with van der Waals surface area (Å²) >= 11 is 6.04. The van der Waals surface area contributed by atoms with Crippen molar-refractivity contribution < 1.29 is 13.9 Å². The SMILES string of the molecule is CCOc1cc2occ(-c3ccc(Cl)cc3)c2cc1/C(C)=C/C(=O)Nc1cc(C)ccn1. The van der Waals surface area contributed by atoms with E-state index in [2.05, 4.69) is 10.3 Å². The van der Waals surface area contributed by atoms with Crippen LogP contribution >= 0.6 is 11.6 Å². The lowest BCUT2D eigenvalue weighted by Gasteiger charge is -2.12. The summed E-state index contributed by atoms with van der Waals surface area (Å²) in [5.74, 6) is 0.917. The Morgan fingerprint density at radius 1 is 1.19 bits per heavy atom. The minimum absolute atomic E-state index is 0.256. The van der Waals surface area contributed by atoms with Crippen LogP contribution in [0.4, 0.5) is 5.82 Å². The molecule has 2 aromatic heterocycles. The molecule has 0 saturated heterocycles. The summed E-state index contributed by atoms with van der Waals surface area (Å²) in [6.07, 6.45) is 4.94. The maximum Gasteiger partial charge on any atom is 0.249 e. The van der Waals surface area contributed by atoms with Gasteiger partial charge in [0.2, 0.25) is 5.91 Å². The molecule has 0 bridgehead atoms. The van der Waals surface area contributed by atoms with Crippen molar-refractivity contribution in [1.82, 2.24) is 4.98 Å². The number of rotatable bonds is 6. The standard InChI is InChI=1S/C26H23ClN2O3/c1-4-31-23-14-24-21(22(15-32-24)18-5-7-19(27)8-6-18)13-20(23)17(3)12-26(30)29-25-11-16(2)9-10-28-25/h5-15H,4H2,1-3H3,(H,28,29,30)/b17-12+. The highest BCUT2D eigenvalue weighted by molar-refractivity contribution is 6.30. The summed E-state index contributed by atoms with van der Waals surface area (Å²) in [5.41, 5.74) is 5.26. The lowest BCUT2D eigenvalue weighted by atomic mass is 9.99. The molecule has 1 N–H and O–H groups in total. The summed E-state index contributed by atoms with van der Waals surface area (Å²) in [4.78, 5) is 16.8. The van der Waals surface area contributed by atoms with E-state index in [1.165, 1.54) is 0 Å². The first-order chi connectivity index (χ1) is 15.4. The molecule has 2 heterocycles. The largest absolute Gasteiger partial charge is 0.493 e. The number of allylic oxidation sites excluding steroid dienone is 1. The van der Waals surface area contributed by atoms with Crippen LogP contribution in [0, 0.1) is 6.92 Å². The quantitative estimate of drug-likeness (QED) is 0.327. The summed E-state index contributed by atoms with van der Waals surface area (Å²) in [6, 6.07) is 15.2. The van der Waals surface area contributed by atoms with Gasteiger partial charge in [-0.05, 0) is 67.8 Å². The molecule has 6 heteroatoms. The number of pyridine rings is 1. The van der Waals surface area contributed by atoms with E-state index in [9.17, 15) is 4.79 Å². The van der Waals surface area contributed by atoms with Crippen molar-refractivity contribution in [3.63, 3.8) is 0 Å². The van der Waals surface area contributed by atoms with Gasteiger partial charge in [-0.2, -0.15) is 0 Å². The molecule has 4 aromatic rings. The number of halogens is 1. The zero-order valence-electron chi connectivity index (χ0n) is 18.1. The highest BCUT2D eigenvalue weighted by Gasteiger charge is 2.15. The fourth-order valence-electron chi connectivity index (χ4n) is 3.53. The molecule has 32 heavy (non-hydrogen) atoms. The van der Waals surface area contributed by atoms with Crippen molar-refractivity contribution in [2.75, 3.05) is 11.9 Å². The molecule has 0 aliphatic rings. The topological polar surface area (TPSA) is 64.4 Å². The van der Waals surface area contributed by atoms with Gasteiger partial charge in [0.1, 0.15) is 17.2 Å². The number of fused-ring (bicyclic) bond motifs is 1. The van der Waals surface area contributed by atoms with Crippen LogP contribution < -0.4 is 10.1 Å². The normalized spacial score (nSPS) is 11.6. The average Bonchev–Trinajstić information content (AvgIpc) is 3.16. The Hall–Kier alpha value is -3.57. The average molecular weight is 447 g/mol. The van der Waals surface area contributed by atoms with Crippen LogP contribution in [0.1, 0.15) is 25.0 Å². The van der Waals surface area contributed by atoms with Gasteiger partial charge in [0.25, 0.3) is 0 Å². The first-order valence-electron chi connectivity index (χ1n) is 10.3. The number of aromatic nitrogens is 1. The van der Waals surface area contributed by atoms with Gasteiger partial charge in [-0.15, -0.1) is 0 Å². The van der Waals surface area contributed by atoms with E-state index in [4.69, 9.17) is 20.8 Å². The van der Waals surface area contributed by atoms with Crippen LogP contribution in [-0.2, 0) is 4.79 Å². The second-order valence-corrected chi connectivity index (χ2v) is 7.91. The van der Waals surface area contributed by atoms with Crippen LogP contribution in [0.25, 0.3) is 27.7 Å². The first kappa shape index (κ1) is 21.7. The highest BCUT2D eigenvalue weighted by atomic mass is 35.5. The van der Waals surface area contributed by atoms with E-state index in [1.807, 2.05) is 69.3 Å². The molecular formula is C26H23ClN2O3. The Balaban J connectivity index is 1.72. The second kappa shape index (κ2) is 9.28. The Morgan fingerprint density at radius 3 is 2.69 bits per heavy atom. The zero-order valence-corrected chi connectivity index (χ0v) is 18.9. The van der Waals surface area contributed by atoms with Crippen molar-refractivity contribution >= 4 is 39.9 Å². The van der Waals surface area contributed by atoms with Crippen LogP contribution in [0.15, 0.2) is 71.5 Å². The van der Waals surface area contributed by atoms with Crippen LogP contribution in [-0.4, -0.2) is 17.5 Å². The van der Waals surface area contributed by atoms with Gasteiger partial charge in [0.05, 0.1) is 12.9 Å². The number of nitrogens with one attached hydrogen (secondary N) is 1. The van der Waals surface area contributed by atoms with Crippen LogP contribution in [0.5, 0.6) is 5.75 Å². The molecule has 162 valence electrons. The number of carbonyl (C=O) groups is 1. The lowest BCUT2D eigenvalue weighted by molar-refractivity contribution is -0.111. The molecule has 0 fully saturated rings. The van der Waals surface area contributed by atoms with Gasteiger partial charge in [-0.1, -0.05) is 23.7 Å². The third kappa shape index (κ3) is 4.68. The number of carbonyl (C=O) groups excluding carboxylic acids is 1. The summed E-state index contributed by atoms with van der Waals surface area (Å²) < 4.78 is 11.7. The van der Waals surface area contributed by atoms with Crippen molar-refractivity contribution in [1.29, 1.82) is 0 Å². The number of furan rings is 1. The predicted molar refractivity (Wildman–Crippen MR) is 129 cm³/mol. The first-order valence-corrected chi connectivity index (χ1v) is 10.7. The molecule has 0 radical (unpaired) electrons. The van der Waals surface area contributed by atoms with E-state index < -0.39 is 0 Å². The maximum atomic E-state index is 12.6. The molecular weight excluding hydrogens is 424 g/mol. The smallest absolute Gasteiger partial charge is 0.249 e. The summed E-state index contributed by atoms with van der Waals surface area (Å²) in [5, 5.41) is 4.42. The molecule has 0 aliphatic carbocycles. The molecule has 0 aliphatic heterocycles. The number of ether oxygens (including phenoxy) is 1. The minimum atomic E-state index is -0.256. The van der Waals surface area contributed by atoms with Gasteiger partial charge < -0.3 is 14.5 Å². The van der Waals surface area contributed by atoms with Gasteiger partial charge >= 0.3 is 0 Å². The van der Waals surface area contributed by atoms with Crippen molar-refractivity contribution in [3.05, 3.63) is 83.2 Å². The Kier molecular flexibility index (Phi) is 6.28. The molecule has 4 rings (SSSR count). The molecule has 1 amide bonds. The van der Waals surface area contributed by atoms with Crippen molar-refractivity contribution in [3.8, 4) is 16.9 Å². The van der Waals surface area contributed by atoms with Crippen molar-refractivity contribution in [2.45, 2.75) is 20.8 Å². The summed E-state index contributed by atoms with van der Waals surface area (Å²) in [6.45, 7) is 6.25. The Morgan fingerprint density at radius 2 is 1.97 bits per heavy atom. The van der Waals surface area contributed by atoms with Crippen LogP contribution in [0.3, 0.4) is 0 Å². The van der Waals surface area contributed by atoms with Crippen LogP contribution in [0.2, 0.25) is 5.02 Å². The number of amides is 1. The maximum absolute atomic E-state index is 12.6. The summed E-state index contributed by atoms with van der Waals surface area (Å²) in [7, 11) is 0. The van der Waals surface area contributed by atoms with E-state index in [1.54, 1.807) is 18.5 Å². The third-order valence-corrected chi connectivity index (χ3v) is 5.32. The van der Waals surface area contributed by atoms with Gasteiger partial charge in [-0.3, -0.25) is 4.79 Å². The Bertz CT molecular complexity index is 1310. The zero-order chi connectivity index (χ0) is 22.7. The lowest BCUT2D eigenvalue weighted by Crippen LogP contribution is -2.10. The monoisotopic (exact) mass is 446 g/mol. The van der Waals surface area contributed by atoms with E-state index >= 15 is 0 Å². The van der Waals surface area contributed by atoms with Gasteiger partial charge in [0.15, 0.2) is 0 Å². The fraction of sp³-hybridized carbons (Fsp3) is 0.154. The number of nitrogens with zero attached hydrogens (tertiary/aromatic N) is 1. The highest BCUT2D eigenvalue weighted by Crippen LogP contribution is 2.37. The van der Waals surface area contributed by atoms with Gasteiger partial charge in [-0.25, -0.2) is 4.98 Å². The molecule has 0 saturated carbocycles. The van der Waals surface area contributed by atoms with Crippen molar-refractivity contribution in [2.24, 2.45) is 0 Å². The molecule has 0 unspecified atom stereocenters. The Labute approximate surface area is 191 Å². The van der Waals surface area contributed by atoms with E-state index in [-0.39, 0.29) is 5.91 Å². The molecule has 0 atom stereocenters. The molecule has 5 nitrogen and oxygen atoms in total. The number of anilines is 1. The second-order valence-electron chi connectivity index (χ2n) is 7.47.